The molecule has 2 atom stereocenters. The Labute approximate surface area is 224 Å². The standard InChI is InChI=1S/C28H33F4N3O4/c1-16(2)35-23-12-7-6-9-17(23)13-14-21(25(35)37)33-24(36)22(34-26(38)39-27(3,4)5)15-18-19(28(30,31)32)10-8-11-20(18)29/h6-12,16,21-22H,13-15H2,1-5H3,(H,33,36)(H,34,38)/t21-,22-/m1/s1. The number of anilines is 1. The predicted octanol–water partition coefficient (Wildman–Crippen LogP) is 5.15. The van der Waals surface area contributed by atoms with E-state index in [1.54, 1.807) is 37.8 Å². The average molecular weight is 552 g/mol. The second-order valence-corrected chi connectivity index (χ2v) is 10.7. The molecule has 0 radical (unpaired) electrons. The summed E-state index contributed by atoms with van der Waals surface area (Å²) in [6, 6.07) is 6.85. The Balaban J connectivity index is 1.93. The van der Waals surface area contributed by atoms with Crippen molar-refractivity contribution in [2.75, 3.05) is 4.90 Å². The molecule has 0 saturated heterocycles. The lowest BCUT2D eigenvalue weighted by molar-refractivity contribution is -0.138. The normalized spacial score (nSPS) is 16.8. The third-order valence-corrected chi connectivity index (χ3v) is 6.16. The Bertz CT molecular complexity index is 1220. The number of alkyl halides is 3. The van der Waals surface area contributed by atoms with Crippen LogP contribution in [-0.4, -0.2) is 41.6 Å². The number of rotatable bonds is 6. The number of ether oxygens (including phenoxy) is 1. The third-order valence-electron chi connectivity index (χ3n) is 6.16. The minimum atomic E-state index is -4.90. The van der Waals surface area contributed by atoms with E-state index in [1.807, 2.05) is 26.0 Å². The van der Waals surface area contributed by atoms with E-state index < -0.39 is 65.1 Å². The SMILES string of the molecule is CC(C)N1C(=O)[C@H](NC(=O)[C@@H](Cc2c(F)cccc2C(F)(F)F)NC(=O)OC(C)(C)C)CCc2ccccc21. The minimum absolute atomic E-state index is 0.220. The van der Waals surface area contributed by atoms with Gasteiger partial charge in [-0.25, -0.2) is 9.18 Å². The van der Waals surface area contributed by atoms with Crippen LogP contribution in [0.2, 0.25) is 0 Å². The van der Waals surface area contributed by atoms with Gasteiger partial charge in [-0.05, 0) is 71.2 Å². The molecule has 3 amide bonds. The van der Waals surface area contributed by atoms with Gasteiger partial charge in [0.1, 0.15) is 23.5 Å². The fourth-order valence-corrected chi connectivity index (χ4v) is 4.50. The first kappa shape index (κ1) is 29.9. The Morgan fingerprint density at radius 2 is 1.74 bits per heavy atom. The molecule has 1 heterocycles. The van der Waals surface area contributed by atoms with E-state index in [-0.39, 0.29) is 12.5 Å². The van der Waals surface area contributed by atoms with E-state index in [0.717, 1.165) is 17.7 Å². The predicted molar refractivity (Wildman–Crippen MR) is 138 cm³/mol. The van der Waals surface area contributed by atoms with Gasteiger partial charge in [-0.3, -0.25) is 9.59 Å². The van der Waals surface area contributed by atoms with Gasteiger partial charge in [0.05, 0.1) is 5.56 Å². The van der Waals surface area contributed by atoms with E-state index in [2.05, 4.69) is 10.6 Å². The Morgan fingerprint density at radius 3 is 2.36 bits per heavy atom. The molecule has 1 aliphatic rings. The quantitative estimate of drug-likeness (QED) is 0.486. The van der Waals surface area contributed by atoms with E-state index in [4.69, 9.17) is 4.74 Å². The van der Waals surface area contributed by atoms with Crippen LogP contribution in [-0.2, 0) is 33.3 Å². The number of nitrogens with one attached hydrogen (secondary N) is 2. The summed E-state index contributed by atoms with van der Waals surface area (Å²) >= 11 is 0. The molecule has 7 nitrogen and oxygen atoms in total. The molecule has 212 valence electrons. The van der Waals surface area contributed by atoms with Gasteiger partial charge in [-0.1, -0.05) is 24.3 Å². The number of halogens is 4. The minimum Gasteiger partial charge on any atom is -0.444 e. The van der Waals surface area contributed by atoms with Gasteiger partial charge in [-0.2, -0.15) is 13.2 Å². The molecule has 2 aromatic rings. The number of hydrogen-bond acceptors (Lipinski definition) is 4. The lowest BCUT2D eigenvalue weighted by Gasteiger charge is -2.30. The maximum Gasteiger partial charge on any atom is 0.416 e. The molecule has 39 heavy (non-hydrogen) atoms. The number of alkyl carbamates (subject to hydrolysis) is 1. The van der Waals surface area contributed by atoms with Crippen molar-refractivity contribution in [1.82, 2.24) is 10.6 Å². The number of fused-ring (bicyclic) bond motifs is 1. The fraction of sp³-hybridized carbons (Fsp3) is 0.464. The molecule has 0 aromatic heterocycles. The zero-order valence-corrected chi connectivity index (χ0v) is 22.5. The zero-order valence-electron chi connectivity index (χ0n) is 22.5. The summed E-state index contributed by atoms with van der Waals surface area (Å²) < 4.78 is 60.8. The van der Waals surface area contributed by atoms with Gasteiger partial charge in [0.2, 0.25) is 11.8 Å². The Morgan fingerprint density at radius 1 is 1.08 bits per heavy atom. The fourth-order valence-electron chi connectivity index (χ4n) is 4.50. The number of hydrogen-bond donors (Lipinski definition) is 2. The number of carbonyl (C=O) groups is 3. The van der Waals surface area contributed by atoms with Crippen molar-refractivity contribution in [3.8, 4) is 0 Å². The van der Waals surface area contributed by atoms with Gasteiger partial charge in [-0.15, -0.1) is 0 Å². The van der Waals surface area contributed by atoms with Crippen LogP contribution in [0.15, 0.2) is 42.5 Å². The highest BCUT2D eigenvalue weighted by atomic mass is 19.4. The molecule has 0 spiro atoms. The summed E-state index contributed by atoms with van der Waals surface area (Å²) in [5.74, 6) is -2.52. The molecule has 0 fully saturated rings. The van der Waals surface area contributed by atoms with Gasteiger partial charge in [0.15, 0.2) is 0 Å². The summed E-state index contributed by atoms with van der Waals surface area (Å²) in [6.07, 6.45) is -6.12. The van der Waals surface area contributed by atoms with Crippen molar-refractivity contribution < 1.29 is 36.7 Å². The second-order valence-electron chi connectivity index (χ2n) is 10.7. The van der Waals surface area contributed by atoms with Crippen LogP contribution < -0.4 is 15.5 Å². The molecule has 0 aliphatic carbocycles. The molecule has 1 aliphatic heterocycles. The van der Waals surface area contributed by atoms with Crippen LogP contribution in [0.5, 0.6) is 0 Å². The van der Waals surface area contributed by atoms with Crippen molar-refractivity contribution >= 4 is 23.6 Å². The van der Waals surface area contributed by atoms with Gasteiger partial charge in [0, 0.05) is 23.7 Å². The molecule has 11 heteroatoms. The lowest BCUT2D eigenvalue weighted by atomic mass is 9.98. The summed E-state index contributed by atoms with van der Waals surface area (Å²) in [7, 11) is 0. The first-order chi connectivity index (χ1) is 18.1. The Hall–Kier alpha value is -3.63. The largest absolute Gasteiger partial charge is 0.444 e. The zero-order chi connectivity index (χ0) is 29.1. The van der Waals surface area contributed by atoms with E-state index in [0.29, 0.717) is 18.2 Å². The third kappa shape index (κ3) is 7.48. The second kappa shape index (κ2) is 11.6. The highest BCUT2D eigenvalue weighted by Crippen LogP contribution is 2.34. The van der Waals surface area contributed by atoms with Crippen LogP contribution in [0.4, 0.5) is 28.0 Å². The van der Waals surface area contributed by atoms with Crippen LogP contribution in [0.3, 0.4) is 0 Å². The van der Waals surface area contributed by atoms with Crippen molar-refractivity contribution in [3.63, 3.8) is 0 Å². The number of aryl methyl sites for hydroxylation is 1. The van der Waals surface area contributed by atoms with Crippen molar-refractivity contribution in [2.45, 2.75) is 83.8 Å². The summed E-state index contributed by atoms with van der Waals surface area (Å²) in [6.45, 7) is 8.36. The maximum absolute atomic E-state index is 14.6. The summed E-state index contributed by atoms with van der Waals surface area (Å²) in [5, 5.41) is 4.86. The molecular formula is C28H33F4N3O4. The van der Waals surface area contributed by atoms with E-state index >= 15 is 0 Å². The molecule has 0 saturated carbocycles. The van der Waals surface area contributed by atoms with Crippen molar-refractivity contribution in [1.29, 1.82) is 0 Å². The van der Waals surface area contributed by atoms with Crippen LogP contribution >= 0.6 is 0 Å². The summed E-state index contributed by atoms with van der Waals surface area (Å²) in [4.78, 5) is 41.0. The smallest absolute Gasteiger partial charge is 0.416 e. The lowest BCUT2D eigenvalue weighted by Crippen LogP contribution is -2.56. The van der Waals surface area contributed by atoms with E-state index in [1.165, 1.54) is 0 Å². The molecule has 0 unspecified atom stereocenters. The monoisotopic (exact) mass is 551 g/mol. The molecule has 2 aromatic carbocycles. The number of carbonyl (C=O) groups excluding carboxylic acids is 3. The highest BCUT2D eigenvalue weighted by Gasteiger charge is 2.38. The number of amides is 3. The van der Waals surface area contributed by atoms with Crippen molar-refractivity contribution in [2.24, 2.45) is 0 Å². The maximum atomic E-state index is 14.6. The number of benzene rings is 2. The molecule has 3 rings (SSSR count). The topological polar surface area (TPSA) is 87.7 Å². The molecule has 2 N–H and O–H groups in total. The first-order valence-corrected chi connectivity index (χ1v) is 12.6. The number of nitrogens with zero attached hydrogens (tertiary/aromatic N) is 1. The van der Waals surface area contributed by atoms with Gasteiger partial charge < -0.3 is 20.3 Å². The van der Waals surface area contributed by atoms with Crippen LogP contribution in [0, 0.1) is 5.82 Å². The molecule has 0 bridgehead atoms. The van der Waals surface area contributed by atoms with Gasteiger partial charge >= 0.3 is 12.3 Å². The van der Waals surface area contributed by atoms with Crippen LogP contribution in [0.1, 0.15) is 57.7 Å². The number of para-hydroxylation sites is 1. The van der Waals surface area contributed by atoms with E-state index in [9.17, 15) is 31.9 Å². The van der Waals surface area contributed by atoms with Crippen LogP contribution in [0.25, 0.3) is 0 Å². The highest BCUT2D eigenvalue weighted by molar-refractivity contribution is 6.01. The Kier molecular flexibility index (Phi) is 8.92. The average Bonchev–Trinajstić information content (AvgIpc) is 2.94. The van der Waals surface area contributed by atoms with Gasteiger partial charge in [0.25, 0.3) is 0 Å². The van der Waals surface area contributed by atoms with Crippen molar-refractivity contribution in [3.05, 3.63) is 65.0 Å². The first-order valence-electron chi connectivity index (χ1n) is 12.6. The molecular weight excluding hydrogens is 518 g/mol. The summed E-state index contributed by atoms with van der Waals surface area (Å²) in [5.41, 5.74) is -1.41.